The van der Waals surface area contributed by atoms with Crippen LogP contribution >= 0.6 is 46.1 Å². The average Bonchev–Trinajstić information content (AvgIpc) is 2.98. The summed E-state index contributed by atoms with van der Waals surface area (Å²) in [5.41, 5.74) is 1.53. The zero-order valence-electron chi connectivity index (χ0n) is 10.9. The Labute approximate surface area is 140 Å². The Morgan fingerprint density at radius 1 is 1.29 bits per heavy atom. The highest BCUT2D eigenvalue weighted by atomic mass is 35.5. The topological polar surface area (TPSA) is 38.6 Å². The molecule has 0 aliphatic rings. The molecule has 0 unspecified atom stereocenters. The van der Waals surface area contributed by atoms with Crippen LogP contribution in [0.1, 0.15) is 5.69 Å². The fraction of sp³-hybridized carbons (Fsp3) is 0.154. The molecule has 0 aliphatic heterocycles. The van der Waals surface area contributed by atoms with Gasteiger partial charge in [-0.25, -0.2) is 0 Å². The summed E-state index contributed by atoms with van der Waals surface area (Å²) < 4.78 is 7.27. The van der Waals surface area contributed by atoms with E-state index >= 15 is 0 Å². The van der Waals surface area contributed by atoms with Crippen LogP contribution in [0, 0.1) is 0 Å². The molecule has 0 saturated carbocycles. The summed E-state index contributed by atoms with van der Waals surface area (Å²) in [6.07, 6.45) is 1.94. The van der Waals surface area contributed by atoms with Gasteiger partial charge in [0.05, 0.1) is 29.4 Å². The van der Waals surface area contributed by atoms with Crippen molar-refractivity contribution in [3.8, 4) is 5.88 Å². The van der Waals surface area contributed by atoms with Gasteiger partial charge >= 0.3 is 0 Å². The standard InChI is InChI=1S/C13H10Cl3N3OS/c1-20-12-10(19-2-3-21-13(19)18-12)6-17-11-8(15)4-7(14)5-9(11)16/h2-5,17H,6H2,1H3. The number of methoxy groups -OCH3 is 1. The molecular formula is C13H10Cl3N3OS. The zero-order valence-corrected chi connectivity index (χ0v) is 13.9. The van der Waals surface area contributed by atoms with E-state index in [9.17, 15) is 0 Å². The highest BCUT2D eigenvalue weighted by Gasteiger charge is 2.15. The Morgan fingerprint density at radius 2 is 2.00 bits per heavy atom. The molecule has 110 valence electrons. The van der Waals surface area contributed by atoms with Gasteiger partial charge in [0.1, 0.15) is 5.69 Å². The minimum Gasteiger partial charge on any atom is -0.480 e. The number of fused-ring (bicyclic) bond motifs is 1. The second-order valence-electron chi connectivity index (χ2n) is 4.22. The van der Waals surface area contributed by atoms with E-state index in [1.165, 1.54) is 0 Å². The highest BCUT2D eigenvalue weighted by molar-refractivity contribution is 7.15. The van der Waals surface area contributed by atoms with Crippen molar-refractivity contribution >= 4 is 56.8 Å². The van der Waals surface area contributed by atoms with Crippen LogP contribution in [0.25, 0.3) is 4.96 Å². The molecule has 0 aliphatic carbocycles. The fourth-order valence-corrected chi connectivity index (χ4v) is 3.70. The van der Waals surface area contributed by atoms with Crippen LogP contribution in [0.2, 0.25) is 15.1 Å². The van der Waals surface area contributed by atoms with Gasteiger partial charge in [-0.1, -0.05) is 34.8 Å². The molecule has 3 aromatic rings. The molecule has 3 rings (SSSR count). The van der Waals surface area contributed by atoms with Gasteiger partial charge in [0.15, 0.2) is 4.96 Å². The van der Waals surface area contributed by atoms with Crippen LogP contribution in [0.15, 0.2) is 23.7 Å². The lowest BCUT2D eigenvalue weighted by atomic mass is 10.3. The molecule has 2 aromatic heterocycles. The number of nitrogens with zero attached hydrogens (tertiary/aromatic N) is 2. The molecule has 0 bridgehead atoms. The second kappa shape index (κ2) is 5.93. The third-order valence-corrected chi connectivity index (χ3v) is 4.53. The Bertz CT molecular complexity index is 776. The molecule has 0 fully saturated rings. The van der Waals surface area contributed by atoms with Crippen LogP contribution in [0.4, 0.5) is 5.69 Å². The van der Waals surface area contributed by atoms with Crippen molar-refractivity contribution in [3.63, 3.8) is 0 Å². The summed E-state index contributed by atoms with van der Waals surface area (Å²) in [6.45, 7) is 0.474. The summed E-state index contributed by atoms with van der Waals surface area (Å²) in [6, 6.07) is 3.29. The predicted molar refractivity (Wildman–Crippen MR) is 88.4 cm³/mol. The number of imidazole rings is 1. The second-order valence-corrected chi connectivity index (χ2v) is 6.35. The monoisotopic (exact) mass is 361 g/mol. The first kappa shape index (κ1) is 14.8. The lowest BCUT2D eigenvalue weighted by molar-refractivity contribution is 0.395. The smallest absolute Gasteiger partial charge is 0.238 e. The first-order valence-corrected chi connectivity index (χ1v) is 7.98. The number of aromatic nitrogens is 2. The molecule has 0 amide bonds. The number of thiazole rings is 1. The van der Waals surface area contributed by atoms with Gasteiger partial charge in [0, 0.05) is 16.6 Å². The van der Waals surface area contributed by atoms with Crippen molar-refractivity contribution in [2.75, 3.05) is 12.4 Å². The fourth-order valence-electron chi connectivity index (χ4n) is 2.02. The molecule has 21 heavy (non-hydrogen) atoms. The van der Waals surface area contributed by atoms with Crippen molar-refractivity contribution in [3.05, 3.63) is 44.5 Å². The maximum atomic E-state index is 6.16. The van der Waals surface area contributed by atoms with Crippen LogP contribution < -0.4 is 10.1 Å². The van der Waals surface area contributed by atoms with Gasteiger partial charge in [-0.05, 0) is 12.1 Å². The molecule has 0 saturated heterocycles. The Balaban J connectivity index is 1.91. The van der Waals surface area contributed by atoms with Gasteiger partial charge in [-0.2, -0.15) is 4.98 Å². The molecular weight excluding hydrogens is 353 g/mol. The lowest BCUT2D eigenvalue weighted by Crippen LogP contribution is -2.04. The largest absolute Gasteiger partial charge is 0.480 e. The number of hydrogen-bond acceptors (Lipinski definition) is 4. The van der Waals surface area contributed by atoms with Crippen LogP contribution in [-0.2, 0) is 6.54 Å². The lowest BCUT2D eigenvalue weighted by Gasteiger charge is -2.11. The normalized spacial score (nSPS) is 11.0. The maximum Gasteiger partial charge on any atom is 0.238 e. The third-order valence-electron chi connectivity index (χ3n) is 2.96. The van der Waals surface area contributed by atoms with Crippen molar-refractivity contribution in [2.24, 2.45) is 0 Å². The first-order valence-electron chi connectivity index (χ1n) is 5.97. The minimum absolute atomic E-state index is 0.470. The molecule has 1 N–H and O–H groups in total. The van der Waals surface area contributed by atoms with E-state index in [1.807, 2.05) is 16.0 Å². The third kappa shape index (κ3) is 2.79. The van der Waals surface area contributed by atoms with E-state index < -0.39 is 0 Å². The van der Waals surface area contributed by atoms with Crippen LogP contribution in [0.3, 0.4) is 0 Å². The number of ether oxygens (including phenoxy) is 1. The number of hydrogen-bond donors (Lipinski definition) is 1. The van der Waals surface area contributed by atoms with Crippen molar-refractivity contribution in [2.45, 2.75) is 6.54 Å². The Morgan fingerprint density at radius 3 is 2.67 bits per heavy atom. The van der Waals surface area contributed by atoms with E-state index in [4.69, 9.17) is 39.5 Å². The van der Waals surface area contributed by atoms with Gasteiger partial charge in [0.25, 0.3) is 0 Å². The summed E-state index contributed by atoms with van der Waals surface area (Å²) >= 11 is 19.8. The molecule has 4 nitrogen and oxygen atoms in total. The van der Waals surface area contributed by atoms with Gasteiger partial charge in [0.2, 0.25) is 5.88 Å². The Kier molecular flexibility index (Phi) is 4.17. The highest BCUT2D eigenvalue weighted by Crippen LogP contribution is 2.34. The summed E-state index contributed by atoms with van der Waals surface area (Å²) in [7, 11) is 1.60. The molecule has 0 atom stereocenters. The van der Waals surface area contributed by atoms with E-state index in [2.05, 4.69) is 10.3 Å². The average molecular weight is 363 g/mol. The summed E-state index contributed by atoms with van der Waals surface area (Å²) in [5.74, 6) is 0.579. The summed E-state index contributed by atoms with van der Waals surface area (Å²) in [5, 5.41) is 6.61. The van der Waals surface area contributed by atoms with E-state index in [-0.39, 0.29) is 0 Å². The van der Waals surface area contributed by atoms with Gasteiger partial charge < -0.3 is 10.1 Å². The molecule has 2 heterocycles. The van der Waals surface area contributed by atoms with Crippen LogP contribution in [-0.4, -0.2) is 16.5 Å². The molecule has 1 aromatic carbocycles. The predicted octanol–water partition coefficient (Wildman–Crippen LogP) is 4.98. The van der Waals surface area contributed by atoms with E-state index in [1.54, 1.807) is 30.6 Å². The van der Waals surface area contributed by atoms with Crippen molar-refractivity contribution in [1.29, 1.82) is 0 Å². The zero-order chi connectivity index (χ0) is 15.0. The van der Waals surface area contributed by atoms with Gasteiger partial charge in [-0.15, -0.1) is 11.3 Å². The number of anilines is 1. The quantitative estimate of drug-likeness (QED) is 0.711. The maximum absolute atomic E-state index is 6.16. The van der Waals surface area contributed by atoms with Crippen molar-refractivity contribution < 1.29 is 4.74 Å². The Hall–Kier alpha value is -1.14. The number of nitrogens with one attached hydrogen (secondary N) is 1. The minimum atomic E-state index is 0.470. The number of benzene rings is 1. The van der Waals surface area contributed by atoms with Crippen LogP contribution in [0.5, 0.6) is 5.88 Å². The summed E-state index contributed by atoms with van der Waals surface area (Å²) in [4.78, 5) is 5.27. The van der Waals surface area contributed by atoms with Gasteiger partial charge in [-0.3, -0.25) is 4.40 Å². The number of rotatable bonds is 4. The molecule has 0 spiro atoms. The van der Waals surface area contributed by atoms with E-state index in [0.29, 0.717) is 33.2 Å². The first-order chi connectivity index (χ1) is 10.1. The number of halogens is 3. The molecule has 8 heteroatoms. The SMILES string of the molecule is COc1nc2sccn2c1CNc1c(Cl)cc(Cl)cc1Cl. The van der Waals surface area contributed by atoms with E-state index in [0.717, 1.165) is 10.7 Å². The molecule has 0 radical (unpaired) electrons. The van der Waals surface area contributed by atoms with Crippen molar-refractivity contribution in [1.82, 2.24) is 9.38 Å².